The Bertz CT molecular complexity index is 842. The summed E-state index contributed by atoms with van der Waals surface area (Å²) in [7, 11) is 0. The van der Waals surface area contributed by atoms with Crippen LogP contribution < -0.4 is 5.56 Å². The van der Waals surface area contributed by atoms with Gasteiger partial charge in [-0.05, 0) is 55.6 Å². The zero-order chi connectivity index (χ0) is 16.7. The minimum atomic E-state index is -0.168. The van der Waals surface area contributed by atoms with Crippen molar-refractivity contribution >= 4 is 11.6 Å². The summed E-state index contributed by atoms with van der Waals surface area (Å²) in [6.45, 7) is 2.00. The predicted molar refractivity (Wildman–Crippen MR) is 89.6 cm³/mol. The minimum absolute atomic E-state index is 0.0687. The van der Waals surface area contributed by atoms with Gasteiger partial charge in [0.2, 0.25) is 0 Å². The molecule has 126 valence electrons. The van der Waals surface area contributed by atoms with Gasteiger partial charge in [0.05, 0.1) is 5.69 Å². The molecule has 4 rings (SSSR count). The molecule has 0 N–H and O–H groups in total. The van der Waals surface area contributed by atoms with Crippen LogP contribution in [0.5, 0.6) is 0 Å². The Labute approximate surface area is 140 Å². The first-order valence-corrected chi connectivity index (χ1v) is 8.73. The molecule has 0 radical (unpaired) electrons. The molecule has 2 aliphatic carbocycles. The number of esters is 1. The van der Waals surface area contributed by atoms with Crippen LogP contribution in [0.25, 0.3) is 5.65 Å². The van der Waals surface area contributed by atoms with E-state index in [1.807, 2.05) is 13.0 Å². The molecular weight excluding hydrogens is 304 g/mol. The molecule has 2 aromatic heterocycles. The van der Waals surface area contributed by atoms with Crippen molar-refractivity contribution in [1.82, 2.24) is 9.38 Å². The van der Waals surface area contributed by atoms with Gasteiger partial charge in [-0.1, -0.05) is 12.5 Å². The van der Waals surface area contributed by atoms with E-state index in [0.29, 0.717) is 29.6 Å². The van der Waals surface area contributed by atoms with Crippen LogP contribution >= 0.6 is 0 Å². The summed E-state index contributed by atoms with van der Waals surface area (Å²) in [5.74, 6) is 1.88. The molecule has 2 saturated carbocycles. The standard InChI is InChI=1S/C19H22N2O3/c1-12-2-5-17-20-16(9-18(22)21(17)10-12)11-24-19(23)8-15-7-13-3-4-14(15)6-13/h2,5,9-10,13-15H,3-4,6-8,11H2,1H3. The molecule has 3 unspecified atom stereocenters. The van der Waals surface area contributed by atoms with Crippen molar-refractivity contribution in [3.8, 4) is 0 Å². The Morgan fingerprint density at radius 2 is 2.21 bits per heavy atom. The highest BCUT2D eigenvalue weighted by molar-refractivity contribution is 5.69. The number of hydrogen-bond donors (Lipinski definition) is 0. The average molecular weight is 326 g/mol. The Morgan fingerprint density at radius 1 is 1.33 bits per heavy atom. The van der Waals surface area contributed by atoms with Crippen molar-refractivity contribution in [3.63, 3.8) is 0 Å². The predicted octanol–water partition coefficient (Wildman–Crippen LogP) is 2.87. The van der Waals surface area contributed by atoms with Crippen molar-refractivity contribution in [2.75, 3.05) is 0 Å². The van der Waals surface area contributed by atoms with Gasteiger partial charge in [-0.15, -0.1) is 0 Å². The number of rotatable bonds is 4. The number of carbonyl (C=O) groups excluding carboxylic acids is 1. The Kier molecular flexibility index (Phi) is 3.87. The van der Waals surface area contributed by atoms with Gasteiger partial charge in [-0.3, -0.25) is 14.0 Å². The number of ether oxygens (including phenoxy) is 1. The number of carbonyl (C=O) groups is 1. The summed E-state index contributed by atoms with van der Waals surface area (Å²) in [6, 6.07) is 5.15. The molecule has 0 aliphatic heterocycles. The third-order valence-electron chi connectivity index (χ3n) is 5.55. The molecule has 0 aromatic carbocycles. The van der Waals surface area contributed by atoms with E-state index in [1.54, 1.807) is 12.3 Å². The highest BCUT2D eigenvalue weighted by Crippen LogP contribution is 2.49. The largest absolute Gasteiger partial charge is 0.459 e. The lowest BCUT2D eigenvalue weighted by Crippen LogP contribution is -2.19. The lowest BCUT2D eigenvalue weighted by atomic mass is 9.86. The van der Waals surface area contributed by atoms with E-state index in [2.05, 4.69) is 4.98 Å². The maximum absolute atomic E-state index is 12.1. The summed E-state index contributed by atoms with van der Waals surface area (Å²) < 4.78 is 6.89. The first-order chi connectivity index (χ1) is 11.6. The zero-order valence-electron chi connectivity index (χ0n) is 13.9. The summed E-state index contributed by atoms with van der Waals surface area (Å²) in [5.41, 5.74) is 1.93. The molecular formula is C19H22N2O3. The van der Waals surface area contributed by atoms with Gasteiger partial charge < -0.3 is 4.74 Å². The summed E-state index contributed by atoms with van der Waals surface area (Å²) in [4.78, 5) is 28.7. The molecule has 3 atom stereocenters. The number of aromatic nitrogens is 2. The van der Waals surface area contributed by atoms with Crippen LogP contribution in [0.3, 0.4) is 0 Å². The maximum atomic E-state index is 12.1. The summed E-state index contributed by atoms with van der Waals surface area (Å²) in [5, 5.41) is 0. The second kappa shape index (κ2) is 6.04. The molecule has 0 spiro atoms. The van der Waals surface area contributed by atoms with E-state index < -0.39 is 0 Å². The Hall–Kier alpha value is -2.17. The number of fused-ring (bicyclic) bond motifs is 3. The zero-order valence-corrected chi connectivity index (χ0v) is 13.9. The second-order valence-corrected chi connectivity index (χ2v) is 7.32. The fraction of sp³-hybridized carbons (Fsp3) is 0.526. The van der Waals surface area contributed by atoms with Crippen LogP contribution in [0.2, 0.25) is 0 Å². The van der Waals surface area contributed by atoms with Gasteiger partial charge in [-0.25, -0.2) is 4.98 Å². The first kappa shape index (κ1) is 15.4. The molecule has 2 aliphatic rings. The third kappa shape index (κ3) is 2.95. The number of pyridine rings is 1. The average Bonchev–Trinajstić information content (AvgIpc) is 3.16. The van der Waals surface area contributed by atoms with E-state index >= 15 is 0 Å². The Balaban J connectivity index is 1.40. The van der Waals surface area contributed by atoms with Crippen LogP contribution in [-0.4, -0.2) is 15.4 Å². The maximum Gasteiger partial charge on any atom is 0.306 e. The number of aryl methyl sites for hydroxylation is 1. The SMILES string of the molecule is Cc1ccc2nc(COC(=O)CC3CC4CCC3C4)cc(=O)n2c1. The van der Waals surface area contributed by atoms with Crippen LogP contribution in [-0.2, 0) is 16.1 Å². The lowest BCUT2D eigenvalue weighted by molar-refractivity contribution is -0.146. The summed E-state index contributed by atoms with van der Waals surface area (Å²) in [6.07, 6.45) is 7.34. The lowest BCUT2D eigenvalue weighted by Gasteiger charge is -2.20. The normalized spacial score (nSPS) is 25.3. The molecule has 2 heterocycles. The fourth-order valence-electron chi connectivity index (χ4n) is 4.39. The van der Waals surface area contributed by atoms with Crippen LogP contribution in [0.4, 0.5) is 0 Å². The van der Waals surface area contributed by atoms with Gasteiger partial charge in [0.25, 0.3) is 5.56 Å². The van der Waals surface area contributed by atoms with Crippen LogP contribution in [0.15, 0.2) is 29.2 Å². The topological polar surface area (TPSA) is 60.7 Å². The monoisotopic (exact) mass is 326 g/mol. The molecule has 24 heavy (non-hydrogen) atoms. The van der Waals surface area contributed by atoms with E-state index in [9.17, 15) is 9.59 Å². The van der Waals surface area contributed by atoms with E-state index in [0.717, 1.165) is 11.5 Å². The van der Waals surface area contributed by atoms with Gasteiger partial charge in [0, 0.05) is 18.7 Å². The van der Waals surface area contributed by atoms with Gasteiger partial charge in [0.1, 0.15) is 12.3 Å². The van der Waals surface area contributed by atoms with E-state index in [4.69, 9.17) is 4.74 Å². The van der Waals surface area contributed by atoms with Crippen molar-refractivity contribution in [1.29, 1.82) is 0 Å². The van der Waals surface area contributed by atoms with Crippen molar-refractivity contribution < 1.29 is 9.53 Å². The number of hydrogen-bond acceptors (Lipinski definition) is 4. The Morgan fingerprint density at radius 3 is 2.96 bits per heavy atom. The van der Waals surface area contributed by atoms with Crippen molar-refractivity contribution in [2.24, 2.45) is 17.8 Å². The van der Waals surface area contributed by atoms with Gasteiger partial charge in [0.15, 0.2) is 0 Å². The van der Waals surface area contributed by atoms with Gasteiger partial charge in [-0.2, -0.15) is 0 Å². The smallest absolute Gasteiger partial charge is 0.306 e. The molecule has 2 fully saturated rings. The van der Waals surface area contributed by atoms with E-state index in [-0.39, 0.29) is 18.1 Å². The van der Waals surface area contributed by atoms with E-state index in [1.165, 1.54) is 36.2 Å². The molecule has 5 nitrogen and oxygen atoms in total. The first-order valence-electron chi connectivity index (χ1n) is 8.73. The van der Waals surface area contributed by atoms with Crippen LogP contribution in [0, 0.1) is 24.7 Å². The second-order valence-electron chi connectivity index (χ2n) is 7.32. The summed E-state index contributed by atoms with van der Waals surface area (Å²) >= 11 is 0. The third-order valence-corrected chi connectivity index (χ3v) is 5.55. The molecule has 2 aromatic rings. The molecule has 5 heteroatoms. The number of nitrogens with zero attached hydrogens (tertiary/aromatic N) is 2. The highest BCUT2D eigenvalue weighted by Gasteiger charge is 2.40. The van der Waals surface area contributed by atoms with Crippen molar-refractivity contribution in [3.05, 3.63) is 46.0 Å². The van der Waals surface area contributed by atoms with Gasteiger partial charge >= 0.3 is 5.97 Å². The molecule has 0 saturated heterocycles. The highest BCUT2D eigenvalue weighted by atomic mass is 16.5. The quantitative estimate of drug-likeness (QED) is 0.811. The fourth-order valence-corrected chi connectivity index (χ4v) is 4.39. The van der Waals surface area contributed by atoms with Crippen LogP contribution in [0.1, 0.15) is 43.4 Å². The molecule has 0 amide bonds. The van der Waals surface area contributed by atoms with Crippen molar-refractivity contribution in [2.45, 2.75) is 45.6 Å². The molecule has 2 bridgehead atoms. The minimum Gasteiger partial charge on any atom is -0.459 e.